The van der Waals surface area contributed by atoms with Crippen LogP contribution >= 0.6 is 0 Å². The summed E-state index contributed by atoms with van der Waals surface area (Å²) < 4.78 is 13.3. The van der Waals surface area contributed by atoms with Gasteiger partial charge in [0, 0.05) is 5.57 Å². The molecular weight excluding hydrogens is 428 g/mol. The fraction of sp³-hybridized carbons (Fsp3) is 0.222. The normalized spacial score (nSPS) is 12.8. The third kappa shape index (κ3) is 5.01. The molecule has 0 aromatic heterocycles. The molecule has 0 aliphatic carbocycles. The lowest BCUT2D eigenvalue weighted by Gasteiger charge is -2.42. The lowest BCUT2D eigenvalue weighted by molar-refractivity contribution is -0.141. The molecule has 166 valence electrons. The zero-order chi connectivity index (χ0) is 23.2. The SMILES string of the molecule is C=C(C)C(=O)OC(CC)[Si](C)(C)O[Si](c1ccccc1)(c1ccccc1)c1ccccc1. The average Bonchev–Trinajstić information content (AvgIpc) is 2.82. The van der Waals surface area contributed by atoms with E-state index in [0.717, 1.165) is 0 Å². The summed E-state index contributed by atoms with van der Waals surface area (Å²) in [5.41, 5.74) is 0.126. The summed E-state index contributed by atoms with van der Waals surface area (Å²) in [4.78, 5) is 12.4. The molecule has 32 heavy (non-hydrogen) atoms. The zero-order valence-electron chi connectivity index (χ0n) is 19.4. The van der Waals surface area contributed by atoms with Gasteiger partial charge in [0.05, 0.1) is 0 Å². The second-order valence-corrected chi connectivity index (χ2v) is 16.3. The molecule has 5 heteroatoms. The van der Waals surface area contributed by atoms with Crippen molar-refractivity contribution in [2.45, 2.75) is 39.1 Å². The van der Waals surface area contributed by atoms with Crippen molar-refractivity contribution in [3.8, 4) is 0 Å². The first-order valence-electron chi connectivity index (χ1n) is 11.0. The van der Waals surface area contributed by atoms with Crippen LogP contribution in [0.3, 0.4) is 0 Å². The number of hydrogen-bond acceptors (Lipinski definition) is 3. The predicted molar refractivity (Wildman–Crippen MR) is 138 cm³/mol. The van der Waals surface area contributed by atoms with Gasteiger partial charge in [-0.15, -0.1) is 0 Å². The van der Waals surface area contributed by atoms with Gasteiger partial charge in [0.25, 0.3) is 8.32 Å². The molecule has 3 aromatic rings. The van der Waals surface area contributed by atoms with Gasteiger partial charge in [-0.05, 0) is 42.0 Å². The summed E-state index contributed by atoms with van der Waals surface area (Å²) in [7, 11) is -5.42. The highest BCUT2D eigenvalue weighted by molar-refractivity contribution is 7.10. The summed E-state index contributed by atoms with van der Waals surface area (Å²) >= 11 is 0. The standard InChI is InChI=1S/C27H32O3Si2/c1-6-26(29-27(28)22(2)3)31(4,5)30-32(23-16-10-7-11-17-23,24-18-12-8-13-19-24)25-20-14-9-15-21-25/h7-21,26H,2,6H2,1,3-5H3. The minimum absolute atomic E-state index is 0.283. The Hall–Kier alpha value is -2.74. The van der Waals surface area contributed by atoms with E-state index >= 15 is 0 Å². The largest absolute Gasteiger partial charge is 0.460 e. The van der Waals surface area contributed by atoms with Gasteiger partial charge in [-0.1, -0.05) is 104 Å². The maximum Gasteiger partial charge on any atom is 0.333 e. The topological polar surface area (TPSA) is 35.5 Å². The van der Waals surface area contributed by atoms with Gasteiger partial charge in [0.1, 0.15) is 5.73 Å². The van der Waals surface area contributed by atoms with E-state index in [9.17, 15) is 4.79 Å². The minimum atomic E-state index is -2.87. The Morgan fingerprint density at radius 1 is 0.812 bits per heavy atom. The monoisotopic (exact) mass is 460 g/mol. The highest BCUT2D eigenvalue weighted by atomic mass is 28.4. The maximum atomic E-state index is 12.4. The Labute approximate surface area is 194 Å². The smallest absolute Gasteiger partial charge is 0.333 e. The molecule has 0 spiro atoms. The third-order valence-corrected chi connectivity index (χ3v) is 14.5. The van der Waals surface area contributed by atoms with E-state index in [1.165, 1.54) is 15.6 Å². The first-order valence-corrected chi connectivity index (χ1v) is 15.9. The van der Waals surface area contributed by atoms with Crippen LogP contribution < -0.4 is 15.6 Å². The van der Waals surface area contributed by atoms with Gasteiger partial charge in [0.2, 0.25) is 8.32 Å². The molecular formula is C27H32O3Si2. The molecule has 0 amide bonds. The van der Waals surface area contributed by atoms with Crippen molar-refractivity contribution < 1.29 is 13.6 Å². The molecule has 3 nitrogen and oxygen atoms in total. The van der Waals surface area contributed by atoms with Crippen LogP contribution in [0.25, 0.3) is 0 Å². The summed E-state index contributed by atoms with van der Waals surface area (Å²) in [5, 5.41) is 3.54. The van der Waals surface area contributed by atoms with E-state index in [1.54, 1.807) is 6.92 Å². The molecule has 0 bridgehead atoms. The molecule has 0 N–H and O–H groups in total. The quantitative estimate of drug-likeness (QED) is 0.207. The Kier molecular flexibility index (Phi) is 7.66. The van der Waals surface area contributed by atoms with Crippen molar-refractivity contribution in [2.24, 2.45) is 0 Å². The van der Waals surface area contributed by atoms with Crippen LogP contribution in [0.15, 0.2) is 103 Å². The van der Waals surface area contributed by atoms with Crippen LogP contribution in [0, 0.1) is 0 Å². The van der Waals surface area contributed by atoms with Gasteiger partial charge in [0.15, 0.2) is 0 Å². The Morgan fingerprint density at radius 2 is 1.19 bits per heavy atom. The molecule has 0 saturated heterocycles. The third-order valence-electron chi connectivity index (χ3n) is 5.70. The molecule has 1 unspecified atom stereocenters. The number of hydrogen-bond donors (Lipinski definition) is 0. The van der Waals surface area contributed by atoms with Gasteiger partial charge >= 0.3 is 5.97 Å². The van der Waals surface area contributed by atoms with E-state index in [-0.39, 0.29) is 11.7 Å². The molecule has 0 fully saturated rings. The summed E-state index contributed by atoms with van der Waals surface area (Å²) in [5.74, 6) is -0.354. The minimum Gasteiger partial charge on any atom is -0.460 e. The van der Waals surface area contributed by atoms with Crippen LogP contribution in [0.2, 0.25) is 13.1 Å². The second kappa shape index (κ2) is 10.3. The van der Waals surface area contributed by atoms with Crippen LogP contribution in [0.5, 0.6) is 0 Å². The van der Waals surface area contributed by atoms with Crippen molar-refractivity contribution in [3.05, 3.63) is 103 Å². The van der Waals surface area contributed by atoms with Gasteiger partial charge < -0.3 is 8.85 Å². The van der Waals surface area contributed by atoms with Crippen LogP contribution in [-0.2, 0) is 13.6 Å². The van der Waals surface area contributed by atoms with E-state index in [1.807, 2.05) is 25.1 Å². The Morgan fingerprint density at radius 3 is 1.50 bits per heavy atom. The predicted octanol–water partition coefficient (Wildman–Crippen LogP) is 4.31. The summed E-state index contributed by atoms with van der Waals surface area (Å²) in [6, 6.07) is 31.5. The lowest BCUT2D eigenvalue weighted by Crippen LogP contribution is -2.74. The van der Waals surface area contributed by atoms with Crippen LogP contribution in [-0.4, -0.2) is 28.3 Å². The molecule has 0 heterocycles. The first kappa shape index (κ1) is 23.9. The highest BCUT2D eigenvalue weighted by Gasteiger charge is 2.49. The Bertz CT molecular complexity index is 938. The molecule has 1 atom stereocenters. The van der Waals surface area contributed by atoms with Gasteiger partial charge in [-0.25, -0.2) is 4.79 Å². The van der Waals surface area contributed by atoms with Crippen molar-refractivity contribution in [1.29, 1.82) is 0 Å². The second-order valence-electron chi connectivity index (χ2n) is 8.57. The number of ether oxygens (including phenoxy) is 1. The number of rotatable bonds is 9. The number of benzene rings is 3. The van der Waals surface area contributed by atoms with Crippen molar-refractivity contribution in [2.75, 3.05) is 0 Å². The lowest BCUT2D eigenvalue weighted by atomic mass is 10.3. The van der Waals surface area contributed by atoms with Crippen molar-refractivity contribution >= 4 is 38.2 Å². The van der Waals surface area contributed by atoms with E-state index in [4.69, 9.17) is 8.85 Å². The van der Waals surface area contributed by atoms with E-state index < -0.39 is 16.6 Å². The van der Waals surface area contributed by atoms with Crippen molar-refractivity contribution in [1.82, 2.24) is 0 Å². The Balaban J connectivity index is 2.20. The fourth-order valence-electron chi connectivity index (χ4n) is 4.10. The fourth-order valence-corrected chi connectivity index (χ4v) is 13.6. The van der Waals surface area contributed by atoms with E-state index in [2.05, 4.69) is 92.5 Å². The molecule has 0 saturated carbocycles. The van der Waals surface area contributed by atoms with Crippen LogP contribution in [0.4, 0.5) is 0 Å². The summed E-state index contributed by atoms with van der Waals surface area (Å²) in [6.07, 6.45) is 0.696. The van der Waals surface area contributed by atoms with Crippen LogP contribution in [0.1, 0.15) is 20.3 Å². The summed E-state index contributed by atoms with van der Waals surface area (Å²) in [6.45, 7) is 11.8. The average molecular weight is 461 g/mol. The molecule has 0 aliphatic heterocycles. The molecule has 0 aliphatic rings. The molecule has 0 radical (unpaired) electrons. The number of carbonyl (C=O) groups is 1. The van der Waals surface area contributed by atoms with E-state index in [0.29, 0.717) is 12.0 Å². The first-order chi connectivity index (χ1) is 15.3. The molecule has 3 rings (SSSR count). The van der Waals surface area contributed by atoms with Gasteiger partial charge in [-0.2, -0.15) is 0 Å². The number of esters is 1. The molecule has 3 aromatic carbocycles. The van der Waals surface area contributed by atoms with Gasteiger partial charge in [-0.3, -0.25) is 0 Å². The zero-order valence-corrected chi connectivity index (χ0v) is 21.4. The maximum absolute atomic E-state index is 12.4. The number of carbonyl (C=O) groups excluding carboxylic acids is 1. The van der Waals surface area contributed by atoms with Crippen molar-refractivity contribution in [3.63, 3.8) is 0 Å². The highest BCUT2D eigenvalue weighted by Crippen LogP contribution is 2.23.